The van der Waals surface area contributed by atoms with E-state index in [0.29, 0.717) is 6.61 Å². The van der Waals surface area contributed by atoms with Crippen molar-refractivity contribution in [2.75, 3.05) is 52.9 Å². The maximum atomic E-state index is 11.1. The van der Waals surface area contributed by atoms with Gasteiger partial charge in [0.1, 0.15) is 12.4 Å². The van der Waals surface area contributed by atoms with Crippen molar-refractivity contribution >= 4 is 0 Å². The van der Waals surface area contributed by atoms with Crippen LogP contribution < -0.4 is 4.74 Å². The summed E-state index contributed by atoms with van der Waals surface area (Å²) in [5, 5.41) is 11.1. The minimum atomic E-state index is -0.582. The Labute approximate surface area is 173 Å². The lowest BCUT2D eigenvalue weighted by molar-refractivity contribution is -0.000370. The molecular formula is C23H32N4O2. The smallest absolute Gasteiger partial charge is 0.130 e. The molecule has 6 nitrogen and oxygen atoms in total. The number of aromatic nitrogens is 1. The molecule has 0 radical (unpaired) electrons. The van der Waals surface area contributed by atoms with Crippen LogP contribution in [-0.4, -0.2) is 83.3 Å². The molecule has 0 spiro atoms. The number of likely N-dealkylation sites (N-methyl/N-ethyl adjacent to an activating group) is 1. The molecule has 0 amide bonds. The van der Waals surface area contributed by atoms with Crippen LogP contribution in [0.1, 0.15) is 17.7 Å². The first kappa shape index (κ1) is 20.3. The number of β-amino-alcohol motifs (C(OH)–C–C–N with tert-alkyl or cyclic N) is 1. The number of pyridine rings is 1. The molecular weight excluding hydrogens is 364 g/mol. The Morgan fingerprint density at radius 2 is 1.79 bits per heavy atom. The fraction of sp³-hybridized carbons (Fsp3) is 0.522. The highest BCUT2D eigenvalue weighted by atomic mass is 16.5. The minimum Gasteiger partial charge on any atom is -0.487 e. The van der Waals surface area contributed by atoms with Crippen LogP contribution in [0.25, 0.3) is 0 Å². The third-order valence-electron chi connectivity index (χ3n) is 5.97. The molecule has 1 aromatic heterocycles. The number of likely N-dealkylation sites (tertiary alicyclic amines) is 1. The lowest BCUT2D eigenvalue weighted by Crippen LogP contribution is -2.51. The van der Waals surface area contributed by atoms with Crippen LogP contribution in [-0.2, 0) is 13.2 Å². The second kappa shape index (κ2) is 9.22. The molecule has 0 bridgehead atoms. The number of nitrogens with zero attached hydrogens (tertiary/aromatic N) is 4. The van der Waals surface area contributed by atoms with Crippen LogP contribution in [0, 0.1) is 0 Å². The van der Waals surface area contributed by atoms with Gasteiger partial charge in [-0.15, -0.1) is 0 Å². The van der Waals surface area contributed by atoms with Crippen LogP contribution in [0.4, 0.5) is 0 Å². The van der Waals surface area contributed by atoms with E-state index in [-0.39, 0.29) is 0 Å². The third-order valence-corrected chi connectivity index (χ3v) is 5.97. The quantitative estimate of drug-likeness (QED) is 0.771. The fourth-order valence-electron chi connectivity index (χ4n) is 4.22. The molecule has 2 aromatic rings. The number of ether oxygens (including phenoxy) is 1. The van der Waals surface area contributed by atoms with Gasteiger partial charge in [0.2, 0.25) is 0 Å². The maximum absolute atomic E-state index is 11.1. The Bertz CT molecular complexity index is 762. The number of aliphatic hydroxyl groups is 1. The van der Waals surface area contributed by atoms with E-state index in [9.17, 15) is 5.11 Å². The van der Waals surface area contributed by atoms with Gasteiger partial charge < -0.3 is 14.7 Å². The number of piperazine rings is 1. The van der Waals surface area contributed by atoms with Crippen molar-refractivity contribution in [1.82, 2.24) is 19.7 Å². The monoisotopic (exact) mass is 396 g/mol. The van der Waals surface area contributed by atoms with E-state index in [0.717, 1.165) is 70.2 Å². The number of hydrogen-bond acceptors (Lipinski definition) is 6. The van der Waals surface area contributed by atoms with Crippen LogP contribution in [0.2, 0.25) is 0 Å². The van der Waals surface area contributed by atoms with Crippen LogP contribution in [0.5, 0.6) is 5.75 Å². The van der Waals surface area contributed by atoms with Crippen LogP contribution in [0.15, 0.2) is 48.7 Å². The summed E-state index contributed by atoms with van der Waals surface area (Å²) in [7, 11) is 2.16. The molecule has 2 aliphatic heterocycles. The maximum Gasteiger partial charge on any atom is 0.130 e. The highest BCUT2D eigenvalue weighted by Gasteiger charge is 2.37. The van der Waals surface area contributed by atoms with E-state index in [2.05, 4.69) is 38.9 Å². The molecule has 0 saturated carbocycles. The molecule has 1 atom stereocenters. The zero-order valence-electron chi connectivity index (χ0n) is 17.3. The summed E-state index contributed by atoms with van der Waals surface area (Å²) in [5.74, 6) is 0.854. The van der Waals surface area contributed by atoms with Crippen molar-refractivity contribution in [3.63, 3.8) is 0 Å². The SMILES string of the molecule is CN1CCN(C[C@@]2(O)CCN(Cc3ccc(OCc4ccccn4)cc3)C2)CC1. The second-order valence-electron chi connectivity index (χ2n) is 8.52. The summed E-state index contributed by atoms with van der Waals surface area (Å²) >= 11 is 0. The van der Waals surface area contributed by atoms with Gasteiger partial charge in [-0.25, -0.2) is 0 Å². The molecule has 1 aromatic carbocycles. The molecule has 4 rings (SSSR count). The third kappa shape index (κ3) is 5.76. The number of hydrogen-bond donors (Lipinski definition) is 1. The Balaban J connectivity index is 1.24. The topological polar surface area (TPSA) is 52.1 Å². The van der Waals surface area contributed by atoms with Crippen molar-refractivity contribution in [2.45, 2.75) is 25.2 Å². The van der Waals surface area contributed by atoms with Crippen molar-refractivity contribution in [3.05, 3.63) is 59.9 Å². The Morgan fingerprint density at radius 3 is 2.52 bits per heavy atom. The first-order chi connectivity index (χ1) is 14.1. The van der Waals surface area contributed by atoms with Gasteiger partial charge in [-0.05, 0) is 43.3 Å². The lowest BCUT2D eigenvalue weighted by Gasteiger charge is -2.36. The van der Waals surface area contributed by atoms with Gasteiger partial charge >= 0.3 is 0 Å². The van der Waals surface area contributed by atoms with Gasteiger partial charge in [0.25, 0.3) is 0 Å². The zero-order chi connectivity index (χ0) is 20.1. The van der Waals surface area contributed by atoms with E-state index >= 15 is 0 Å². The Hall–Kier alpha value is -1.99. The predicted octanol–water partition coefficient (Wildman–Crippen LogP) is 1.84. The Morgan fingerprint density at radius 1 is 1.00 bits per heavy atom. The van der Waals surface area contributed by atoms with Crippen LogP contribution in [0.3, 0.4) is 0 Å². The van der Waals surface area contributed by atoms with Gasteiger partial charge in [-0.2, -0.15) is 0 Å². The zero-order valence-corrected chi connectivity index (χ0v) is 17.3. The van der Waals surface area contributed by atoms with E-state index in [1.807, 2.05) is 30.3 Å². The molecule has 6 heteroatoms. The van der Waals surface area contributed by atoms with Crippen molar-refractivity contribution in [1.29, 1.82) is 0 Å². The standard InChI is InChI=1S/C23H32N4O2/c1-25-12-14-26(15-13-25)18-23(28)9-11-27(19-23)16-20-5-7-22(8-6-20)29-17-21-4-2-3-10-24-21/h2-8,10,28H,9,11-19H2,1H3/t23-/m0/s1. The first-order valence-electron chi connectivity index (χ1n) is 10.6. The number of rotatable bonds is 7. The van der Waals surface area contributed by atoms with Crippen LogP contribution >= 0.6 is 0 Å². The largest absolute Gasteiger partial charge is 0.487 e. The van der Waals surface area contributed by atoms with E-state index < -0.39 is 5.60 Å². The molecule has 29 heavy (non-hydrogen) atoms. The molecule has 2 fully saturated rings. The van der Waals surface area contributed by atoms with Gasteiger partial charge in [0, 0.05) is 58.6 Å². The summed E-state index contributed by atoms with van der Waals surface area (Å²) in [6.45, 7) is 8.12. The first-order valence-corrected chi connectivity index (χ1v) is 10.6. The summed E-state index contributed by atoms with van der Waals surface area (Å²) in [6.07, 6.45) is 2.63. The summed E-state index contributed by atoms with van der Waals surface area (Å²) in [5.41, 5.74) is 1.59. The van der Waals surface area contributed by atoms with Gasteiger partial charge in [-0.1, -0.05) is 18.2 Å². The Kier molecular flexibility index (Phi) is 6.45. The summed E-state index contributed by atoms with van der Waals surface area (Å²) in [4.78, 5) is 11.4. The van der Waals surface area contributed by atoms with Gasteiger partial charge in [-0.3, -0.25) is 14.8 Å². The average Bonchev–Trinajstić information content (AvgIpc) is 3.10. The summed E-state index contributed by atoms with van der Waals surface area (Å²) in [6, 6.07) is 14.1. The van der Waals surface area contributed by atoms with E-state index in [4.69, 9.17) is 4.74 Å². The van der Waals surface area contributed by atoms with E-state index in [1.54, 1.807) is 6.20 Å². The normalized spacial score (nSPS) is 24.1. The molecule has 1 N–H and O–H groups in total. The molecule has 2 aliphatic rings. The molecule has 2 saturated heterocycles. The van der Waals surface area contributed by atoms with Crippen molar-refractivity contribution < 1.29 is 9.84 Å². The highest BCUT2D eigenvalue weighted by molar-refractivity contribution is 5.27. The average molecular weight is 397 g/mol. The number of benzene rings is 1. The van der Waals surface area contributed by atoms with Gasteiger partial charge in [0.05, 0.1) is 11.3 Å². The molecule has 156 valence electrons. The van der Waals surface area contributed by atoms with Gasteiger partial charge in [0.15, 0.2) is 0 Å². The highest BCUT2D eigenvalue weighted by Crippen LogP contribution is 2.25. The van der Waals surface area contributed by atoms with Crippen molar-refractivity contribution in [3.8, 4) is 5.75 Å². The summed E-state index contributed by atoms with van der Waals surface area (Å²) < 4.78 is 5.82. The molecule has 3 heterocycles. The predicted molar refractivity (Wildman–Crippen MR) is 114 cm³/mol. The molecule has 0 aliphatic carbocycles. The van der Waals surface area contributed by atoms with Crippen molar-refractivity contribution in [2.24, 2.45) is 0 Å². The second-order valence-corrected chi connectivity index (χ2v) is 8.52. The van der Waals surface area contributed by atoms with E-state index in [1.165, 1.54) is 5.56 Å². The minimum absolute atomic E-state index is 0.478. The molecule has 0 unspecified atom stereocenters. The lowest BCUT2D eigenvalue weighted by atomic mass is 10.0. The fourth-order valence-corrected chi connectivity index (χ4v) is 4.22.